The van der Waals surface area contributed by atoms with Crippen molar-refractivity contribution in [3.05, 3.63) is 42.5 Å². The van der Waals surface area contributed by atoms with E-state index in [4.69, 9.17) is 9.47 Å². The van der Waals surface area contributed by atoms with Crippen LogP contribution in [-0.4, -0.2) is 38.0 Å². The molecule has 0 unspecified atom stereocenters. The van der Waals surface area contributed by atoms with Crippen LogP contribution < -0.4 is 25.0 Å². The summed E-state index contributed by atoms with van der Waals surface area (Å²) in [7, 11) is 1.49. The van der Waals surface area contributed by atoms with Gasteiger partial charge >= 0.3 is 5.97 Å². The van der Waals surface area contributed by atoms with E-state index in [9.17, 15) is 14.4 Å². The molecule has 8 heteroatoms. The second kappa shape index (κ2) is 7.77. The van der Waals surface area contributed by atoms with E-state index in [2.05, 4.69) is 10.6 Å². The standard InChI is InChI=1S/C19H19N3O5/c1-12(23)20-13-7-8-16(26-2)14(9-13)21-18(24)10-22-11-19(25)27-17-6-4-3-5-15(17)22/h3-9H,10-11H2,1-2H3,(H,20,23)(H,21,24). The molecule has 3 rings (SSSR count). The van der Waals surface area contributed by atoms with E-state index in [1.807, 2.05) is 6.07 Å². The lowest BCUT2D eigenvalue weighted by Crippen LogP contribution is -2.41. The average molecular weight is 369 g/mol. The smallest absolute Gasteiger partial charge is 0.331 e. The molecule has 0 fully saturated rings. The van der Waals surface area contributed by atoms with Crippen LogP contribution in [0.2, 0.25) is 0 Å². The van der Waals surface area contributed by atoms with Crippen LogP contribution in [0.15, 0.2) is 42.5 Å². The summed E-state index contributed by atoms with van der Waals surface area (Å²) in [5.74, 6) is -0.104. The number of para-hydroxylation sites is 2. The zero-order chi connectivity index (χ0) is 19.4. The number of nitrogens with zero attached hydrogens (tertiary/aromatic N) is 1. The minimum Gasteiger partial charge on any atom is -0.495 e. The summed E-state index contributed by atoms with van der Waals surface area (Å²) < 4.78 is 10.4. The van der Waals surface area contributed by atoms with Crippen LogP contribution in [0, 0.1) is 0 Å². The van der Waals surface area contributed by atoms with Crippen molar-refractivity contribution in [3.63, 3.8) is 0 Å². The second-order valence-electron chi connectivity index (χ2n) is 5.94. The molecule has 1 heterocycles. The molecule has 0 saturated carbocycles. The number of esters is 1. The maximum absolute atomic E-state index is 12.6. The highest BCUT2D eigenvalue weighted by atomic mass is 16.5. The molecular weight excluding hydrogens is 350 g/mol. The predicted molar refractivity (Wildman–Crippen MR) is 100 cm³/mol. The van der Waals surface area contributed by atoms with Crippen LogP contribution in [-0.2, 0) is 14.4 Å². The normalized spacial score (nSPS) is 12.7. The molecular formula is C19H19N3O5. The lowest BCUT2D eigenvalue weighted by molar-refractivity contribution is -0.133. The van der Waals surface area contributed by atoms with Gasteiger partial charge in [-0.3, -0.25) is 9.59 Å². The van der Waals surface area contributed by atoms with E-state index in [1.54, 1.807) is 41.3 Å². The molecule has 2 aromatic carbocycles. The molecule has 2 N–H and O–H groups in total. The summed E-state index contributed by atoms with van der Waals surface area (Å²) in [4.78, 5) is 37.2. The Labute approximate surface area is 156 Å². The fraction of sp³-hybridized carbons (Fsp3) is 0.211. The largest absolute Gasteiger partial charge is 0.495 e. The van der Waals surface area contributed by atoms with Crippen LogP contribution in [0.1, 0.15) is 6.92 Å². The summed E-state index contributed by atoms with van der Waals surface area (Å²) in [5.41, 5.74) is 1.62. The van der Waals surface area contributed by atoms with E-state index in [-0.39, 0.29) is 24.9 Å². The van der Waals surface area contributed by atoms with Crippen LogP contribution in [0.5, 0.6) is 11.5 Å². The molecule has 0 spiro atoms. The third kappa shape index (κ3) is 4.35. The zero-order valence-electron chi connectivity index (χ0n) is 14.9. The molecule has 2 amide bonds. The van der Waals surface area contributed by atoms with E-state index in [1.165, 1.54) is 14.0 Å². The Bertz CT molecular complexity index is 897. The molecule has 0 radical (unpaired) electrons. The molecule has 27 heavy (non-hydrogen) atoms. The highest BCUT2D eigenvalue weighted by molar-refractivity contribution is 5.98. The summed E-state index contributed by atoms with van der Waals surface area (Å²) in [6.45, 7) is 1.34. The quantitative estimate of drug-likeness (QED) is 0.618. The van der Waals surface area contributed by atoms with Crippen molar-refractivity contribution in [1.82, 2.24) is 0 Å². The van der Waals surface area contributed by atoms with Crippen LogP contribution in [0.4, 0.5) is 17.1 Å². The van der Waals surface area contributed by atoms with Crippen molar-refractivity contribution >= 4 is 34.8 Å². The van der Waals surface area contributed by atoms with Crippen LogP contribution >= 0.6 is 0 Å². The van der Waals surface area contributed by atoms with Gasteiger partial charge in [-0.1, -0.05) is 12.1 Å². The number of ether oxygens (including phenoxy) is 2. The van der Waals surface area contributed by atoms with Gasteiger partial charge in [-0.2, -0.15) is 0 Å². The lowest BCUT2D eigenvalue weighted by atomic mass is 10.2. The van der Waals surface area contributed by atoms with Gasteiger partial charge in [0.15, 0.2) is 5.75 Å². The molecule has 1 aliphatic heterocycles. The first-order valence-electron chi connectivity index (χ1n) is 8.26. The highest BCUT2D eigenvalue weighted by Crippen LogP contribution is 2.32. The maximum atomic E-state index is 12.6. The zero-order valence-corrected chi connectivity index (χ0v) is 14.9. The first-order valence-corrected chi connectivity index (χ1v) is 8.26. The molecule has 0 aromatic heterocycles. The van der Waals surface area contributed by atoms with Gasteiger partial charge in [-0.25, -0.2) is 4.79 Å². The summed E-state index contributed by atoms with van der Waals surface area (Å²) >= 11 is 0. The number of anilines is 3. The number of methoxy groups -OCH3 is 1. The van der Waals surface area contributed by atoms with Gasteiger partial charge in [-0.05, 0) is 30.3 Å². The monoisotopic (exact) mass is 369 g/mol. The van der Waals surface area contributed by atoms with Crippen molar-refractivity contribution < 1.29 is 23.9 Å². The van der Waals surface area contributed by atoms with Crippen LogP contribution in [0.25, 0.3) is 0 Å². The number of carbonyl (C=O) groups is 3. The van der Waals surface area contributed by atoms with Crippen molar-refractivity contribution in [1.29, 1.82) is 0 Å². The predicted octanol–water partition coefficient (Wildman–Crippen LogP) is 2.02. The first kappa shape index (κ1) is 18.2. The summed E-state index contributed by atoms with van der Waals surface area (Å²) in [5, 5.41) is 5.41. The number of fused-ring (bicyclic) bond motifs is 1. The molecule has 0 saturated heterocycles. The average Bonchev–Trinajstić information content (AvgIpc) is 2.61. The Hall–Kier alpha value is -3.55. The van der Waals surface area contributed by atoms with E-state index in [0.29, 0.717) is 28.6 Å². The van der Waals surface area contributed by atoms with E-state index < -0.39 is 5.97 Å². The fourth-order valence-corrected chi connectivity index (χ4v) is 2.79. The van der Waals surface area contributed by atoms with Gasteiger partial charge in [0.25, 0.3) is 0 Å². The molecule has 0 bridgehead atoms. The first-order chi connectivity index (χ1) is 13.0. The third-order valence-corrected chi connectivity index (χ3v) is 3.88. The lowest BCUT2D eigenvalue weighted by Gasteiger charge is -2.29. The van der Waals surface area contributed by atoms with Crippen LogP contribution in [0.3, 0.4) is 0 Å². The SMILES string of the molecule is COc1ccc(NC(C)=O)cc1NC(=O)CN1CC(=O)Oc2ccccc21. The topological polar surface area (TPSA) is 97.0 Å². The van der Waals surface area contributed by atoms with E-state index in [0.717, 1.165) is 0 Å². The Kier molecular flexibility index (Phi) is 5.25. The van der Waals surface area contributed by atoms with Gasteiger partial charge in [0, 0.05) is 12.6 Å². The number of hydrogen-bond acceptors (Lipinski definition) is 6. The maximum Gasteiger partial charge on any atom is 0.331 e. The fourth-order valence-electron chi connectivity index (χ4n) is 2.79. The molecule has 140 valence electrons. The molecule has 0 aliphatic carbocycles. The molecule has 8 nitrogen and oxygen atoms in total. The molecule has 0 atom stereocenters. The number of nitrogens with one attached hydrogen (secondary N) is 2. The number of carbonyl (C=O) groups excluding carboxylic acids is 3. The van der Waals surface area contributed by atoms with Gasteiger partial charge in [0.05, 0.1) is 25.0 Å². The Morgan fingerprint density at radius 1 is 1.19 bits per heavy atom. The van der Waals surface area contributed by atoms with Crippen molar-refractivity contribution in [2.24, 2.45) is 0 Å². The minimum absolute atomic E-state index is 0.0203. The second-order valence-corrected chi connectivity index (χ2v) is 5.94. The van der Waals surface area contributed by atoms with Gasteiger partial charge in [-0.15, -0.1) is 0 Å². The minimum atomic E-state index is -0.424. The molecule has 2 aromatic rings. The van der Waals surface area contributed by atoms with Crippen molar-refractivity contribution in [2.45, 2.75) is 6.92 Å². The van der Waals surface area contributed by atoms with Gasteiger partial charge in [0.1, 0.15) is 12.3 Å². The van der Waals surface area contributed by atoms with Crippen molar-refractivity contribution in [2.75, 3.05) is 35.7 Å². The summed E-state index contributed by atoms with van der Waals surface area (Å²) in [6, 6.07) is 12.0. The van der Waals surface area contributed by atoms with Crippen molar-refractivity contribution in [3.8, 4) is 11.5 Å². The Morgan fingerprint density at radius 2 is 1.96 bits per heavy atom. The highest BCUT2D eigenvalue weighted by Gasteiger charge is 2.25. The Morgan fingerprint density at radius 3 is 2.70 bits per heavy atom. The van der Waals surface area contributed by atoms with E-state index >= 15 is 0 Å². The summed E-state index contributed by atoms with van der Waals surface area (Å²) in [6.07, 6.45) is 0. The van der Waals surface area contributed by atoms with Gasteiger partial charge in [0.2, 0.25) is 11.8 Å². The number of benzene rings is 2. The number of rotatable bonds is 5. The number of hydrogen-bond donors (Lipinski definition) is 2. The third-order valence-electron chi connectivity index (χ3n) is 3.88. The van der Waals surface area contributed by atoms with Gasteiger partial charge < -0.3 is 25.0 Å². The molecule has 1 aliphatic rings. The Balaban J connectivity index is 1.76. The number of amides is 2.